The second kappa shape index (κ2) is 14.5. The Morgan fingerprint density at radius 1 is 1.11 bits per heavy atom. The van der Waals surface area contributed by atoms with E-state index in [-0.39, 0.29) is 36.2 Å². The van der Waals surface area contributed by atoms with Crippen molar-refractivity contribution in [3.05, 3.63) is 6.33 Å². The van der Waals surface area contributed by atoms with Gasteiger partial charge in [0.15, 0.2) is 17.4 Å². The van der Waals surface area contributed by atoms with Gasteiger partial charge >= 0.3 is 19.6 Å². The van der Waals surface area contributed by atoms with Gasteiger partial charge in [0.2, 0.25) is 11.8 Å². The number of aliphatic hydroxyl groups is 2. The summed E-state index contributed by atoms with van der Waals surface area (Å²) in [4.78, 5) is 37.9. The predicted molar refractivity (Wildman–Crippen MR) is 157 cm³/mol. The van der Waals surface area contributed by atoms with Crippen LogP contribution in [0, 0.1) is 11.8 Å². The lowest BCUT2D eigenvalue weighted by Gasteiger charge is -2.31. The van der Waals surface area contributed by atoms with Crippen molar-refractivity contribution in [2.24, 2.45) is 11.8 Å². The molecule has 3 heterocycles. The van der Waals surface area contributed by atoms with Crippen LogP contribution in [0.15, 0.2) is 6.33 Å². The molecule has 248 valence electrons. The monoisotopic (exact) mass is 645 g/mol. The summed E-state index contributed by atoms with van der Waals surface area (Å²) in [7, 11) is -2.91. The largest absolute Gasteiger partial charge is 0.479 e. The van der Waals surface area contributed by atoms with Crippen LogP contribution < -0.4 is 20.6 Å². The van der Waals surface area contributed by atoms with E-state index in [2.05, 4.69) is 25.1 Å². The lowest BCUT2D eigenvalue weighted by molar-refractivity contribution is -0.146. The molecule has 1 fully saturated rings. The average Bonchev–Trinajstić information content (AvgIpc) is 3.46. The summed E-state index contributed by atoms with van der Waals surface area (Å²) < 4.78 is 43.1. The average molecular weight is 646 g/mol. The van der Waals surface area contributed by atoms with E-state index in [1.807, 2.05) is 0 Å². The maximum atomic E-state index is 14.4. The molecule has 2 aromatic heterocycles. The predicted octanol–water partition coefficient (Wildman–Crippen LogP) is 0.906. The third kappa shape index (κ3) is 7.65. The number of anilines is 1. The molecule has 0 aliphatic carbocycles. The number of carbonyl (C=O) groups excluding carboxylic acids is 2. The number of rotatable bonds is 15. The number of imidazole rings is 1. The molecule has 1 aliphatic rings. The zero-order valence-corrected chi connectivity index (χ0v) is 27.1. The van der Waals surface area contributed by atoms with E-state index in [0.29, 0.717) is 0 Å². The first-order valence-corrected chi connectivity index (χ1v) is 16.0. The Morgan fingerprint density at radius 2 is 1.66 bits per heavy atom. The molecule has 1 aliphatic heterocycles. The van der Waals surface area contributed by atoms with Gasteiger partial charge in [0.1, 0.15) is 29.9 Å². The van der Waals surface area contributed by atoms with Gasteiger partial charge in [0, 0.05) is 0 Å². The van der Waals surface area contributed by atoms with Gasteiger partial charge in [0.05, 0.1) is 33.3 Å². The molecule has 0 aromatic carbocycles. The topological polar surface area (TPSA) is 232 Å². The van der Waals surface area contributed by atoms with Crippen LogP contribution in [0.25, 0.3) is 11.2 Å². The normalized spacial score (nSPS) is 24.8. The third-order valence-corrected chi connectivity index (χ3v) is 8.81. The number of hydrogen-bond acceptors (Lipinski definition) is 14. The first-order valence-electron chi connectivity index (χ1n) is 14.3. The van der Waals surface area contributed by atoms with Crippen LogP contribution in [0.1, 0.15) is 54.7 Å². The fraction of sp³-hybridized carbons (Fsp3) is 0.731. The molecule has 0 radical (unpaired) electrons. The Balaban J connectivity index is 1.93. The van der Waals surface area contributed by atoms with Gasteiger partial charge in [-0.3, -0.25) is 18.7 Å². The molecule has 0 bridgehead atoms. The molecule has 44 heavy (non-hydrogen) atoms. The van der Waals surface area contributed by atoms with Gasteiger partial charge in [-0.05, 0) is 32.6 Å². The number of aromatic nitrogens is 4. The Bertz CT molecular complexity index is 1320. The first kappa shape index (κ1) is 35.6. The van der Waals surface area contributed by atoms with E-state index in [0.717, 1.165) is 0 Å². The Hall–Kier alpha value is -2.92. The summed E-state index contributed by atoms with van der Waals surface area (Å²) in [6.45, 7) is 11.1. The van der Waals surface area contributed by atoms with Crippen molar-refractivity contribution in [3.63, 3.8) is 0 Å². The number of nitrogens with zero attached hydrogens (tertiary/aromatic N) is 4. The first-order chi connectivity index (χ1) is 20.6. The molecule has 7 atom stereocenters. The second-order valence-corrected chi connectivity index (χ2v) is 13.0. The van der Waals surface area contributed by atoms with E-state index >= 15 is 0 Å². The van der Waals surface area contributed by atoms with Gasteiger partial charge in [0.25, 0.3) is 0 Å². The zero-order valence-electron chi connectivity index (χ0n) is 26.2. The minimum atomic E-state index is -4.30. The van der Waals surface area contributed by atoms with Crippen LogP contribution in [0.3, 0.4) is 0 Å². The van der Waals surface area contributed by atoms with E-state index in [4.69, 9.17) is 29.2 Å². The van der Waals surface area contributed by atoms with Crippen molar-refractivity contribution < 1.29 is 47.8 Å². The van der Waals surface area contributed by atoms with Crippen LogP contribution in [-0.2, 0) is 32.9 Å². The van der Waals surface area contributed by atoms with Crippen LogP contribution in [0.2, 0.25) is 0 Å². The molecule has 17 nitrogen and oxygen atoms in total. The SMILES string of the molecule is CCOC(=O)[C@@H](NP(=O)(N[C@@H](C(=O)OCC)C(C)C)OC[C@H]1OC(n2cnc3c(OC)nc(N)nc32)C(C)(O)[C@H]1O)C(C)C. The number of nitrogen functional groups attached to an aromatic ring is 1. The summed E-state index contributed by atoms with van der Waals surface area (Å²) in [5, 5.41) is 27.9. The number of methoxy groups -OCH3 is 1. The third-order valence-electron chi connectivity index (χ3n) is 7.06. The zero-order chi connectivity index (χ0) is 33.0. The number of hydrogen-bond donors (Lipinski definition) is 5. The maximum Gasteiger partial charge on any atom is 0.342 e. The molecule has 2 aromatic rings. The Labute approximate surface area is 255 Å². The molecule has 3 rings (SSSR count). The lowest BCUT2D eigenvalue weighted by Crippen LogP contribution is -2.49. The molecule has 3 unspecified atom stereocenters. The number of ether oxygens (including phenoxy) is 4. The van der Waals surface area contributed by atoms with Crippen molar-refractivity contribution in [2.45, 2.75) is 84.6 Å². The minimum Gasteiger partial charge on any atom is -0.479 e. The fourth-order valence-electron chi connectivity index (χ4n) is 4.67. The molecular weight excluding hydrogens is 601 g/mol. The molecule has 1 saturated heterocycles. The highest BCUT2D eigenvalue weighted by atomic mass is 31.2. The van der Waals surface area contributed by atoms with Crippen molar-refractivity contribution in [1.82, 2.24) is 29.7 Å². The van der Waals surface area contributed by atoms with E-state index in [1.165, 1.54) is 24.9 Å². The lowest BCUT2D eigenvalue weighted by atomic mass is 9.96. The quantitative estimate of drug-likeness (QED) is 0.134. The molecule has 18 heteroatoms. The van der Waals surface area contributed by atoms with E-state index in [9.17, 15) is 24.4 Å². The van der Waals surface area contributed by atoms with Gasteiger partial charge in [-0.1, -0.05) is 27.7 Å². The molecule has 0 spiro atoms. The summed E-state index contributed by atoms with van der Waals surface area (Å²) in [6.07, 6.45) is -2.73. The Kier molecular flexibility index (Phi) is 11.7. The molecular formula is C26H44N7O10P. The highest BCUT2D eigenvalue weighted by Gasteiger charge is 2.54. The standard InChI is InChI=1S/C26H44N7O10P/c1-9-40-22(35)16(13(3)4)31-44(38,32-17(14(5)6)23(36)41-10-2)42-11-15-19(34)26(7,37)24(43-15)33-12-28-18-20(33)29-25(27)30-21(18)39-8/h12-17,19,24,34,37H,9-11H2,1-8H3,(H2,27,29,30)(H2,31,32,38)/t15-,16-,17+,19+,24?,26?,44?/m1/s1. The van der Waals surface area contributed by atoms with Crippen LogP contribution in [-0.4, -0.2) is 98.5 Å². The summed E-state index contributed by atoms with van der Waals surface area (Å²) >= 11 is 0. The van der Waals surface area contributed by atoms with Crippen LogP contribution in [0.4, 0.5) is 5.95 Å². The van der Waals surface area contributed by atoms with Crippen molar-refractivity contribution in [1.29, 1.82) is 0 Å². The number of aliphatic hydroxyl groups excluding tert-OH is 1. The van der Waals surface area contributed by atoms with Crippen LogP contribution in [0.5, 0.6) is 5.88 Å². The number of nitrogens with two attached hydrogens (primary N) is 1. The van der Waals surface area contributed by atoms with E-state index in [1.54, 1.807) is 41.5 Å². The molecule has 0 amide bonds. The number of fused-ring (bicyclic) bond motifs is 1. The highest BCUT2D eigenvalue weighted by molar-refractivity contribution is 7.54. The van der Waals surface area contributed by atoms with Crippen molar-refractivity contribution in [2.75, 3.05) is 32.7 Å². The van der Waals surface area contributed by atoms with Crippen molar-refractivity contribution in [3.8, 4) is 5.88 Å². The Morgan fingerprint density at radius 3 is 2.14 bits per heavy atom. The van der Waals surface area contributed by atoms with E-state index < -0.39 is 74.2 Å². The molecule has 0 saturated carbocycles. The minimum absolute atomic E-state index is 0.0870. The summed E-state index contributed by atoms with van der Waals surface area (Å²) in [6, 6.07) is -2.18. The number of esters is 2. The van der Waals surface area contributed by atoms with Gasteiger partial charge in [-0.25, -0.2) is 15.2 Å². The molecule has 6 N–H and O–H groups in total. The van der Waals surface area contributed by atoms with Crippen molar-refractivity contribution >= 4 is 36.7 Å². The second-order valence-electron chi connectivity index (χ2n) is 11.2. The fourth-order valence-corrected chi connectivity index (χ4v) is 6.79. The van der Waals surface area contributed by atoms with Gasteiger partial charge in [-0.15, -0.1) is 0 Å². The number of carbonyl (C=O) groups is 2. The summed E-state index contributed by atoms with van der Waals surface area (Å²) in [5.74, 6) is -2.15. The highest BCUT2D eigenvalue weighted by Crippen LogP contribution is 2.45. The maximum absolute atomic E-state index is 14.4. The summed E-state index contributed by atoms with van der Waals surface area (Å²) in [5.41, 5.74) is 4.31. The number of nitrogens with one attached hydrogen (secondary N) is 2. The van der Waals surface area contributed by atoms with Gasteiger partial charge < -0.3 is 39.4 Å². The smallest absolute Gasteiger partial charge is 0.342 e. The van der Waals surface area contributed by atoms with Gasteiger partial charge in [-0.2, -0.15) is 9.97 Å². The van der Waals surface area contributed by atoms with Crippen LogP contribution >= 0.6 is 7.67 Å².